The molecule has 0 aliphatic rings. The van der Waals surface area contributed by atoms with Crippen molar-refractivity contribution in [3.05, 3.63) is 67.0 Å². The SMILES string of the molecule is Cc1cc(I)cc2c(=O)oc(/C(=C/C(=N)C(F)(F)F)[NH2+]c3ncccc3Cl)nc12. The lowest BCUT2D eigenvalue weighted by atomic mass is 10.1. The summed E-state index contributed by atoms with van der Waals surface area (Å²) in [5.74, 6) is -0.234. The Bertz CT molecular complexity index is 1210. The van der Waals surface area contributed by atoms with Crippen molar-refractivity contribution in [3.63, 3.8) is 0 Å². The molecule has 0 fully saturated rings. The second-order valence-electron chi connectivity index (χ2n) is 5.95. The molecular weight excluding hydrogens is 524 g/mol. The van der Waals surface area contributed by atoms with Crippen molar-refractivity contribution < 1.29 is 22.9 Å². The van der Waals surface area contributed by atoms with E-state index < -0.39 is 17.5 Å². The third kappa shape index (κ3) is 4.82. The fourth-order valence-electron chi connectivity index (χ4n) is 2.48. The van der Waals surface area contributed by atoms with Crippen LogP contribution in [0, 0.1) is 15.9 Å². The zero-order valence-electron chi connectivity index (χ0n) is 14.6. The van der Waals surface area contributed by atoms with Gasteiger partial charge in [-0.2, -0.15) is 13.2 Å². The standard InChI is InChI=1S/C18H11ClF3IN4O2/c1-8-5-9(23)6-10-14(8)27-16(29-17(10)28)12(7-13(24)18(20,21)22)26-15-11(19)3-2-4-25-15/h2-7,24H,1H3,(H,25,26)/p+1/b12-7-,24-13?. The van der Waals surface area contributed by atoms with Crippen molar-refractivity contribution in [2.75, 3.05) is 0 Å². The second-order valence-corrected chi connectivity index (χ2v) is 7.60. The van der Waals surface area contributed by atoms with Crippen LogP contribution in [-0.4, -0.2) is 21.9 Å². The highest BCUT2D eigenvalue weighted by atomic mass is 127. The van der Waals surface area contributed by atoms with E-state index in [1.54, 1.807) is 25.1 Å². The Hall–Kier alpha value is -2.31. The quantitative estimate of drug-likeness (QED) is 0.390. The van der Waals surface area contributed by atoms with Crippen molar-refractivity contribution in [1.29, 1.82) is 5.41 Å². The molecule has 29 heavy (non-hydrogen) atoms. The number of hydrogen-bond acceptors (Lipinski definition) is 5. The van der Waals surface area contributed by atoms with Crippen LogP contribution in [0.1, 0.15) is 11.5 Å². The van der Waals surface area contributed by atoms with Crippen molar-refractivity contribution >= 4 is 62.3 Å². The van der Waals surface area contributed by atoms with E-state index in [9.17, 15) is 18.0 Å². The Morgan fingerprint density at radius 3 is 2.76 bits per heavy atom. The lowest BCUT2D eigenvalue weighted by Crippen LogP contribution is -2.75. The molecule has 150 valence electrons. The molecule has 6 nitrogen and oxygen atoms in total. The number of aryl methyl sites for hydroxylation is 1. The molecular formula is C18H12ClF3IN4O2+. The summed E-state index contributed by atoms with van der Waals surface area (Å²) >= 11 is 8.07. The maximum atomic E-state index is 12.9. The minimum atomic E-state index is -4.89. The molecule has 0 unspecified atom stereocenters. The average Bonchev–Trinajstić information content (AvgIpc) is 2.62. The number of fused-ring (bicyclic) bond motifs is 1. The van der Waals surface area contributed by atoms with E-state index in [4.69, 9.17) is 21.4 Å². The van der Waals surface area contributed by atoms with Crippen LogP contribution in [0.15, 0.2) is 45.8 Å². The van der Waals surface area contributed by atoms with Gasteiger partial charge in [0.1, 0.15) is 10.7 Å². The Morgan fingerprint density at radius 1 is 1.38 bits per heavy atom. The van der Waals surface area contributed by atoms with Gasteiger partial charge in [-0.15, -0.1) is 0 Å². The maximum Gasteiger partial charge on any atom is 0.432 e. The predicted molar refractivity (Wildman–Crippen MR) is 110 cm³/mol. The molecule has 0 amide bonds. The van der Waals surface area contributed by atoms with Gasteiger partial charge in [-0.1, -0.05) is 11.6 Å². The van der Waals surface area contributed by atoms with Gasteiger partial charge in [0.05, 0.1) is 10.9 Å². The van der Waals surface area contributed by atoms with E-state index in [2.05, 4.69) is 9.97 Å². The Morgan fingerprint density at radius 2 is 2.10 bits per heavy atom. The number of nitrogens with one attached hydrogen (secondary N) is 1. The topological polar surface area (TPSA) is 96.5 Å². The third-order valence-corrected chi connectivity index (χ3v) is 4.76. The highest BCUT2D eigenvalue weighted by molar-refractivity contribution is 14.1. The van der Waals surface area contributed by atoms with Crippen molar-refractivity contribution in [2.45, 2.75) is 13.1 Å². The van der Waals surface area contributed by atoms with E-state index in [-0.39, 0.29) is 27.8 Å². The van der Waals surface area contributed by atoms with Gasteiger partial charge in [-0.25, -0.2) is 14.8 Å². The van der Waals surface area contributed by atoms with Gasteiger partial charge in [-0.05, 0) is 59.3 Å². The van der Waals surface area contributed by atoms with Gasteiger partial charge in [0, 0.05) is 15.8 Å². The van der Waals surface area contributed by atoms with E-state index in [0.29, 0.717) is 17.2 Å². The molecule has 0 aliphatic heterocycles. The summed E-state index contributed by atoms with van der Waals surface area (Å²) in [4.78, 5) is 20.7. The molecule has 0 bridgehead atoms. The molecule has 3 rings (SSSR count). The van der Waals surface area contributed by atoms with Gasteiger partial charge in [0.25, 0.3) is 5.89 Å². The van der Waals surface area contributed by atoms with Crippen LogP contribution in [-0.2, 0) is 0 Å². The highest BCUT2D eigenvalue weighted by Gasteiger charge is 2.34. The van der Waals surface area contributed by atoms with Gasteiger partial charge in [-0.3, -0.25) is 10.7 Å². The first-order valence-electron chi connectivity index (χ1n) is 8.00. The summed E-state index contributed by atoms with van der Waals surface area (Å²) in [5, 5.41) is 8.87. The van der Waals surface area contributed by atoms with Crippen LogP contribution in [0.3, 0.4) is 0 Å². The number of aromatic nitrogens is 2. The van der Waals surface area contributed by atoms with Gasteiger partial charge >= 0.3 is 11.8 Å². The molecule has 0 saturated carbocycles. The van der Waals surface area contributed by atoms with Crippen LogP contribution < -0.4 is 10.9 Å². The Kier molecular flexibility index (Phi) is 6.05. The first kappa shape index (κ1) is 21.4. The first-order chi connectivity index (χ1) is 13.6. The maximum absolute atomic E-state index is 12.9. The summed E-state index contributed by atoms with van der Waals surface area (Å²) < 4.78 is 44.8. The predicted octanol–water partition coefficient (Wildman–Crippen LogP) is 3.97. The van der Waals surface area contributed by atoms with E-state index >= 15 is 0 Å². The molecule has 3 N–H and O–H groups in total. The van der Waals surface area contributed by atoms with Crippen molar-refractivity contribution in [1.82, 2.24) is 9.97 Å². The summed E-state index contributed by atoms with van der Waals surface area (Å²) in [6, 6.07) is 6.41. The molecule has 0 aliphatic carbocycles. The molecule has 0 spiro atoms. The molecule has 1 aromatic carbocycles. The van der Waals surface area contributed by atoms with Crippen molar-refractivity contribution in [2.24, 2.45) is 0 Å². The highest BCUT2D eigenvalue weighted by Crippen LogP contribution is 2.22. The van der Waals surface area contributed by atoms with Crippen LogP contribution in [0.5, 0.6) is 0 Å². The summed E-state index contributed by atoms with van der Waals surface area (Å²) in [6.07, 6.45) is -2.97. The number of nitrogens with zero attached hydrogens (tertiary/aromatic N) is 2. The number of halogens is 5. The number of nitrogens with two attached hydrogens (primary N) is 1. The minimum Gasteiger partial charge on any atom is -0.398 e. The first-order valence-corrected chi connectivity index (χ1v) is 9.46. The normalized spacial score (nSPS) is 12.4. The zero-order valence-corrected chi connectivity index (χ0v) is 17.6. The summed E-state index contributed by atoms with van der Waals surface area (Å²) in [7, 11) is 0. The monoisotopic (exact) mass is 535 g/mol. The van der Waals surface area contributed by atoms with Crippen LogP contribution >= 0.6 is 34.2 Å². The number of allylic oxidation sites excluding steroid dienone is 1. The van der Waals surface area contributed by atoms with E-state index in [0.717, 1.165) is 3.57 Å². The molecule has 0 radical (unpaired) electrons. The van der Waals surface area contributed by atoms with Gasteiger partial charge < -0.3 is 4.42 Å². The zero-order chi connectivity index (χ0) is 21.3. The van der Waals surface area contributed by atoms with Gasteiger partial charge in [0.15, 0.2) is 0 Å². The number of alkyl halides is 3. The Balaban J connectivity index is 2.21. The fraction of sp³-hybridized carbons (Fsp3) is 0.111. The molecule has 2 aromatic heterocycles. The second kappa shape index (κ2) is 8.20. The Labute approximate surface area is 180 Å². The fourth-order valence-corrected chi connectivity index (χ4v) is 3.44. The number of pyridine rings is 1. The number of benzene rings is 1. The lowest BCUT2D eigenvalue weighted by Gasteiger charge is -2.09. The third-order valence-electron chi connectivity index (χ3n) is 3.82. The molecule has 2 heterocycles. The molecule has 11 heteroatoms. The van der Waals surface area contributed by atoms with Crippen molar-refractivity contribution in [3.8, 4) is 0 Å². The summed E-state index contributed by atoms with van der Waals surface area (Å²) in [6.45, 7) is 1.72. The van der Waals surface area contributed by atoms with Gasteiger partial charge in [0.2, 0.25) is 11.5 Å². The number of quaternary nitrogens is 1. The number of hydrogen-bond donors (Lipinski definition) is 2. The van der Waals surface area contributed by atoms with Crippen LogP contribution in [0.2, 0.25) is 5.02 Å². The molecule has 0 atom stereocenters. The van der Waals surface area contributed by atoms with E-state index in [1.807, 2.05) is 22.6 Å². The minimum absolute atomic E-state index is 0.138. The molecule has 0 saturated heterocycles. The largest absolute Gasteiger partial charge is 0.432 e. The molecule has 3 aromatic rings. The smallest absolute Gasteiger partial charge is 0.398 e. The van der Waals surface area contributed by atoms with E-state index in [1.165, 1.54) is 17.6 Å². The lowest BCUT2D eigenvalue weighted by molar-refractivity contribution is -0.475. The van der Waals surface area contributed by atoms with Crippen LogP contribution in [0.4, 0.5) is 19.0 Å². The summed E-state index contributed by atoms with van der Waals surface area (Å²) in [5.41, 5.74) is -1.70. The number of rotatable bonds is 4. The average molecular weight is 536 g/mol. The van der Waals surface area contributed by atoms with Crippen LogP contribution in [0.25, 0.3) is 16.6 Å².